The van der Waals surface area contributed by atoms with Gasteiger partial charge in [0.15, 0.2) is 0 Å². The van der Waals surface area contributed by atoms with E-state index in [1.165, 1.54) is 128 Å². The summed E-state index contributed by atoms with van der Waals surface area (Å²) in [4.78, 5) is 14.3. The summed E-state index contributed by atoms with van der Waals surface area (Å²) in [7, 11) is 0. The maximum atomic E-state index is 12.0. The first-order valence-electron chi connectivity index (χ1n) is 16.1. The number of nitrogens with zero attached hydrogens (tertiary/aromatic N) is 1. The van der Waals surface area contributed by atoms with Crippen LogP contribution in [0.4, 0.5) is 0 Å². The Balaban J connectivity index is 4.06. The zero-order valence-electron chi connectivity index (χ0n) is 24.5. The molecule has 35 heavy (non-hydrogen) atoms. The second-order valence-electron chi connectivity index (χ2n) is 11.1. The van der Waals surface area contributed by atoms with Crippen molar-refractivity contribution in [1.82, 2.24) is 4.90 Å². The van der Waals surface area contributed by atoms with Crippen molar-refractivity contribution in [2.45, 2.75) is 187 Å². The standard InChI is InChI=1S/C32H65NO2/c1-4-7-10-12-14-16-18-20-22-24-26-29-33(31(32(34)35)28-9-6-3)30-27-25-23-21-19-17-15-13-11-8-5-2/h31H,4-30H2,1-3H3,(H,34,35). The van der Waals surface area contributed by atoms with Crippen molar-refractivity contribution in [3.05, 3.63) is 0 Å². The predicted octanol–water partition coefficient (Wildman–Crippen LogP) is 10.6. The SMILES string of the molecule is CCCCCCCCCCCCCN(CCCCCCCCCCCCC)C(CCCC)C(=O)O. The van der Waals surface area contributed by atoms with E-state index in [1.54, 1.807) is 0 Å². The van der Waals surface area contributed by atoms with Crippen molar-refractivity contribution < 1.29 is 9.90 Å². The van der Waals surface area contributed by atoms with Crippen LogP contribution in [-0.4, -0.2) is 35.1 Å². The molecular formula is C32H65NO2. The molecule has 3 nitrogen and oxygen atoms in total. The zero-order valence-corrected chi connectivity index (χ0v) is 24.5. The van der Waals surface area contributed by atoms with E-state index in [0.29, 0.717) is 0 Å². The van der Waals surface area contributed by atoms with Gasteiger partial charge in [-0.05, 0) is 32.4 Å². The Morgan fingerprint density at radius 1 is 0.486 bits per heavy atom. The third-order valence-corrected chi connectivity index (χ3v) is 7.65. The van der Waals surface area contributed by atoms with Crippen LogP contribution in [0.1, 0.15) is 181 Å². The van der Waals surface area contributed by atoms with Crippen LogP contribution in [0, 0.1) is 0 Å². The topological polar surface area (TPSA) is 40.5 Å². The summed E-state index contributed by atoms with van der Waals surface area (Å²) in [6, 6.07) is -0.277. The Bertz CT molecular complexity index is 400. The summed E-state index contributed by atoms with van der Waals surface area (Å²) in [5.41, 5.74) is 0. The Labute approximate surface area is 221 Å². The Morgan fingerprint density at radius 2 is 0.771 bits per heavy atom. The molecular weight excluding hydrogens is 430 g/mol. The first-order valence-corrected chi connectivity index (χ1v) is 16.1. The second kappa shape index (κ2) is 28.0. The molecule has 0 aliphatic rings. The van der Waals surface area contributed by atoms with E-state index >= 15 is 0 Å². The van der Waals surface area contributed by atoms with Gasteiger partial charge in [0.2, 0.25) is 0 Å². The molecule has 0 amide bonds. The quantitative estimate of drug-likeness (QED) is 0.105. The molecule has 0 aromatic heterocycles. The van der Waals surface area contributed by atoms with E-state index in [1.807, 2.05) is 0 Å². The van der Waals surface area contributed by atoms with E-state index < -0.39 is 5.97 Å². The fourth-order valence-corrected chi connectivity index (χ4v) is 5.24. The molecule has 0 bridgehead atoms. The van der Waals surface area contributed by atoms with Gasteiger partial charge in [-0.3, -0.25) is 9.69 Å². The van der Waals surface area contributed by atoms with Crippen molar-refractivity contribution in [3.63, 3.8) is 0 Å². The molecule has 0 radical (unpaired) electrons. The molecule has 0 saturated heterocycles. The lowest BCUT2D eigenvalue weighted by molar-refractivity contribution is -0.143. The van der Waals surface area contributed by atoms with Crippen molar-refractivity contribution in [2.75, 3.05) is 13.1 Å². The summed E-state index contributed by atoms with van der Waals surface area (Å²) < 4.78 is 0. The van der Waals surface area contributed by atoms with Gasteiger partial charge < -0.3 is 5.11 Å². The first-order chi connectivity index (χ1) is 17.2. The van der Waals surface area contributed by atoms with Gasteiger partial charge in [0.05, 0.1) is 0 Å². The first kappa shape index (κ1) is 34.4. The molecule has 0 rings (SSSR count). The molecule has 1 N–H and O–H groups in total. The van der Waals surface area contributed by atoms with Gasteiger partial charge in [-0.25, -0.2) is 0 Å². The molecule has 0 aliphatic heterocycles. The van der Waals surface area contributed by atoms with Gasteiger partial charge in [-0.1, -0.05) is 162 Å². The maximum absolute atomic E-state index is 12.0. The van der Waals surface area contributed by atoms with Crippen LogP contribution in [0.25, 0.3) is 0 Å². The average molecular weight is 496 g/mol. The molecule has 0 aromatic carbocycles. The van der Waals surface area contributed by atoms with Gasteiger partial charge in [0.25, 0.3) is 0 Å². The number of rotatable bonds is 29. The number of aliphatic carboxylic acids is 1. The summed E-state index contributed by atoms with van der Waals surface area (Å²) in [6.07, 6.45) is 32.5. The second-order valence-corrected chi connectivity index (χ2v) is 11.1. The van der Waals surface area contributed by atoms with Crippen LogP contribution in [0.15, 0.2) is 0 Å². The minimum Gasteiger partial charge on any atom is -0.480 e. The Morgan fingerprint density at radius 3 is 1.06 bits per heavy atom. The van der Waals surface area contributed by atoms with Gasteiger partial charge in [0, 0.05) is 0 Å². The smallest absolute Gasteiger partial charge is 0.320 e. The van der Waals surface area contributed by atoms with Crippen LogP contribution in [-0.2, 0) is 4.79 Å². The van der Waals surface area contributed by atoms with Crippen LogP contribution >= 0.6 is 0 Å². The fourth-order valence-electron chi connectivity index (χ4n) is 5.24. The van der Waals surface area contributed by atoms with Crippen molar-refractivity contribution in [1.29, 1.82) is 0 Å². The Kier molecular flexibility index (Phi) is 27.6. The van der Waals surface area contributed by atoms with Crippen LogP contribution in [0.2, 0.25) is 0 Å². The zero-order chi connectivity index (χ0) is 25.8. The number of carbonyl (C=O) groups is 1. The lowest BCUT2D eigenvalue weighted by Crippen LogP contribution is -2.42. The minimum absolute atomic E-state index is 0.277. The Hall–Kier alpha value is -0.570. The van der Waals surface area contributed by atoms with Gasteiger partial charge in [-0.15, -0.1) is 0 Å². The number of carboxylic acid groups (broad SMARTS) is 1. The van der Waals surface area contributed by atoms with Crippen molar-refractivity contribution in [3.8, 4) is 0 Å². The largest absolute Gasteiger partial charge is 0.480 e. The predicted molar refractivity (Wildman–Crippen MR) is 155 cm³/mol. The molecule has 0 spiro atoms. The molecule has 0 aromatic rings. The summed E-state index contributed by atoms with van der Waals surface area (Å²) >= 11 is 0. The molecule has 210 valence electrons. The lowest BCUT2D eigenvalue weighted by atomic mass is 10.0. The van der Waals surface area contributed by atoms with E-state index in [4.69, 9.17) is 0 Å². The monoisotopic (exact) mass is 496 g/mol. The van der Waals surface area contributed by atoms with Gasteiger partial charge in [-0.2, -0.15) is 0 Å². The molecule has 1 atom stereocenters. The van der Waals surface area contributed by atoms with E-state index in [-0.39, 0.29) is 6.04 Å². The van der Waals surface area contributed by atoms with Crippen molar-refractivity contribution in [2.24, 2.45) is 0 Å². The summed E-state index contributed by atoms with van der Waals surface area (Å²) in [6.45, 7) is 8.66. The fraction of sp³-hybridized carbons (Fsp3) is 0.969. The molecule has 0 saturated carbocycles. The van der Waals surface area contributed by atoms with E-state index in [0.717, 1.165) is 45.2 Å². The highest BCUT2D eigenvalue weighted by atomic mass is 16.4. The molecule has 0 heterocycles. The van der Waals surface area contributed by atoms with Crippen molar-refractivity contribution >= 4 is 5.97 Å². The molecule has 3 heteroatoms. The molecule has 0 aliphatic carbocycles. The van der Waals surface area contributed by atoms with Crippen LogP contribution in [0.3, 0.4) is 0 Å². The maximum Gasteiger partial charge on any atom is 0.320 e. The average Bonchev–Trinajstić information content (AvgIpc) is 2.85. The number of carboxylic acids is 1. The highest BCUT2D eigenvalue weighted by Crippen LogP contribution is 2.16. The molecule has 1 unspecified atom stereocenters. The summed E-state index contributed by atoms with van der Waals surface area (Å²) in [5, 5.41) is 9.88. The highest BCUT2D eigenvalue weighted by Gasteiger charge is 2.24. The molecule has 0 fully saturated rings. The van der Waals surface area contributed by atoms with Gasteiger partial charge >= 0.3 is 5.97 Å². The lowest BCUT2D eigenvalue weighted by Gasteiger charge is -2.29. The van der Waals surface area contributed by atoms with Crippen LogP contribution in [0.5, 0.6) is 0 Å². The summed E-state index contributed by atoms with van der Waals surface area (Å²) in [5.74, 6) is -0.607. The minimum atomic E-state index is -0.607. The normalized spacial score (nSPS) is 12.5. The highest BCUT2D eigenvalue weighted by molar-refractivity contribution is 5.73. The third-order valence-electron chi connectivity index (χ3n) is 7.65. The van der Waals surface area contributed by atoms with E-state index in [2.05, 4.69) is 25.7 Å². The van der Waals surface area contributed by atoms with E-state index in [9.17, 15) is 9.90 Å². The number of unbranched alkanes of at least 4 members (excludes halogenated alkanes) is 21. The number of hydrogen-bond donors (Lipinski definition) is 1. The van der Waals surface area contributed by atoms with Crippen LogP contribution < -0.4 is 0 Å². The third kappa shape index (κ3) is 23.6. The number of hydrogen-bond acceptors (Lipinski definition) is 2. The van der Waals surface area contributed by atoms with Gasteiger partial charge in [0.1, 0.15) is 6.04 Å².